The van der Waals surface area contributed by atoms with Crippen LogP contribution in [-0.2, 0) is 11.3 Å². The summed E-state index contributed by atoms with van der Waals surface area (Å²) in [5.74, 6) is 0. The standard InChI is InChI=1S/C27H24N6O4/c34-27-25(30-22-3-1-2-4-23(22)31-27)24-26(33(35)36)20-15-17(5-10-21(20)29-24)16-28-18-6-8-19(9-7-18)32-11-13-37-14-12-32/h1-10,15,28-29H,11-14,16H2,(H,31,34). The summed E-state index contributed by atoms with van der Waals surface area (Å²) in [4.78, 5) is 36.9. The number of hydrogen-bond donors (Lipinski definition) is 3. The van der Waals surface area contributed by atoms with Crippen LogP contribution < -0.4 is 15.8 Å². The van der Waals surface area contributed by atoms with Gasteiger partial charge in [0.05, 0.1) is 40.1 Å². The second kappa shape index (κ2) is 9.40. The van der Waals surface area contributed by atoms with Crippen LogP contribution in [0, 0.1) is 10.1 Å². The van der Waals surface area contributed by atoms with Crippen molar-refractivity contribution in [3.63, 3.8) is 0 Å². The Bertz CT molecular complexity index is 1670. The van der Waals surface area contributed by atoms with E-state index in [-0.39, 0.29) is 17.1 Å². The van der Waals surface area contributed by atoms with Crippen molar-refractivity contribution in [1.29, 1.82) is 0 Å². The van der Waals surface area contributed by atoms with Crippen molar-refractivity contribution in [3.05, 3.63) is 92.8 Å². The summed E-state index contributed by atoms with van der Waals surface area (Å²) < 4.78 is 5.42. The molecule has 1 fully saturated rings. The Kier molecular flexibility index (Phi) is 5.78. The lowest BCUT2D eigenvalue weighted by molar-refractivity contribution is -0.382. The van der Waals surface area contributed by atoms with Gasteiger partial charge < -0.3 is 24.9 Å². The van der Waals surface area contributed by atoms with Crippen LogP contribution in [0.25, 0.3) is 33.3 Å². The Hall–Kier alpha value is -4.70. The van der Waals surface area contributed by atoms with Gasteiger partial charge in [-0.05, 0) is 54.1 Å². The predicted octanol–water partition coefficient (Wildman–Crippen LogP) is 4.43. The third kappa shape index (κ3) is 4.38. The molecule has 0 amide bonds. The fourth-order valence-corrected chi connectivity index (χ4v) is 4.71. The van der Waals surface area contributed by atoms with Gasteiger partial charge in [-0.2, -0.15) is 0 Å². The largest absolute Gasteiger partial charge is 0.381 e. The van der Waals surface area contributed by atoms with Gasteiger partial charge in [-0.3, -0.25) is 14.9 Å². The SMILES string of the molecule is O=c1[nH]c2ccccc2nc1-c1[nH]c2ccc(CNc3ccc(N4CCOCC4)cc3)cc2c1[N+](=O)[O-]. The first kappa shape index (κ1) is 22.7. The zero-order valence-corrected chi connectivity index (χ0v) is 19.9. The fraction of sp³-hybridized carbons (Fsp3) is 0.185. The van der Waals surface area contributed by atoms with Gasteiger partial charge in [0, 0.05) is 31.0 Å². The van der Waals surface area contributed by atoms with Crippen LogP contribution in [0.1, 0.15) is 5.56 Å². The molecule has 0 saturated carbocycles. The Balaban J connectivity index is 1.29. The van der Waals surface area contributed by atoms with E-state index in [2.05, 4.69) is 37.3 Å². The maximum Gasteiger partial charge on any atom is 0.304 e. The minimum atomic E-state index is -0.490. The molecule has 0 spiro atoms. The van der Waals surface area contributed by atoms with E-state index in [1.807, 2.05) is 18.2 Å². The molecule has 10 heteroatoms. The summed E-state index contributed by atoms with van der Waals surface area (Å²) in [7, 11) is 0. The molecule has 6 rings (SSSR count). The smallest absolute Gasteiger partial charge is 0.304 e. The van der Waals surface area contributed by atoms with Gasteiger partial charge in [-0.25, -0.2) is 4.98 Å². The number of anilines is 2. The van der Waals surface area contributed by atoms with Crippen LogP contribution in [-0.4, -0.2) is 46.2 Å². The van der Waals surface area contributed by atoms with E-state index in [9.17, 15) is 14.9 Å². The van der Waals surface area contributed by atoms with Crippen LogP contribution in [0.3, 0.4) is 0 Å². The first-order valence-corrected chi connectivity index (χ1v) is 12.0. The van der Waals surface area contributed by atoms with E-state index >= 15 is 0 Å². The monoisotopic (exact) mass is 496 g/mol. The molecule has 0 aliphatic carbocycles. The summed E-state index contributed by atoms with van der Waals surface area (Å²) in [6.45, 7) is 3.72. The molecule has 10 nitrogen and oxygen atoms in total. The highest BCUT2D eigenvalue weighted by Gasteiger charge is 2.26. The second-order valence-electron chi connectivity index (χ2n) is 8.92. The first-order chi connectivity index (χ1) is 18.1. The number of nitrogens with one attached hydrogen (secondary N) is 3. The maximum atomic E-state index is 12.8. The average Bonchev–Trinajstić information content (AvgIpc) is 3.31. The van der Waals surface area contributed by atoms with Crippen molar-refractivity contribution < 1.29 is 9.66 Å². The minimum absolute atomic E-state index is 0.0124. The van der Waals surface area contributed by atoms with Crippen LogP contribution in [0.4, 0.5) is 17.1 Å². The lowest BCUT2D eigenvalue weighted by atomic mass is 10.1. The molecule has 0 atom stereocenters. The van der Waals surface area contributed by atoms with Crippen molar-refractivity contribution in [1.82, 2.24) is 15.0 Å². The molecule has 1 aliphatic heterocycles. The molecule has 1 aliphatic rings. The Morgan fingerprint density at radius 3 is 2.57 bits per heavy atom. The summed E-state index contributed by atoms with van der Waals surface area (Å²) >= 11 is 0. The normalized spacial score (nSPS) is 13.8. The van der Waals surface area contributed by atoms with Crippen molar-refractivity contribution in [2.24, 2.45) is 0 Å². The number of fused-ring (bicyclic) bond motifs is 2. The number of morpholine rings is 1. The van der Waals surface area contributed by atoms with E-state index in [0.717, 1.165) is 43.2 Å². The summed E-state index contributed by atoms with van der Waals surface area (Å²) in [5, 5.41) is 15.9. The molecular formula is C27H24N6O4. The Morgan fingerprint density at radius 1 is 1.00 bits per heavy atom. The highest BCUT2D eigenvalue weighted by atomic mass is 16.6. The first-order valence-electron chi connectivity index (χ1n) is 12.0. The molecule has 186 valence electrons. The van der Waals surface area contributed by atoms with E-state index in [0.29, 0.717) is 28.5 Å². The third-order valence-corrected chi connectivity index (χ3v) is 6.59. The molecule has 3 heterocycles. The van der Waals surface area contributed by atoms with Crippen LogP contribution in [0.15, 0.2) is 71.5 Å². The van der Waals surface area contributed by atoms with Crippen molar-refractivity contribution in [2.75, 3.05) is 36.5 Å². The molecular weight excluding hydrogens is 472 g/mol. The van der Waals surface area contributed by atoms with E-state index in [4.69, 9.17) is 4.74 Å². The molecule has 1 saturated heterocycles. The number of hydrogen-bond acceptors (Lipinski definition) is 7. The van der Waals surface area contributed by atoms with E-state index in [1.165, 1.54) is 0 Å². The van der Waals surface area contributed by atoms with Crippen molar-refractivity contribution >= 4 is 39.0 Å². The number of para-hydroxylation sites is 2. The average molecular weight is 497 g/mol. The number of aromatic amines is 2. The van der Waals surface area contributed by atoms with Gasteiger partial charge in [0.15, 0.2) is 5.69 Å². The summed E-state index contributed by atoms with van der Waals surface area (Å²) in [6, 6.07) is 20.8. The Morgan fingerprint density at radius 2 is 1.78 bits per heavy atom. The quantitative estimate of drug-likeness (QED) is 0.234. The van der Waals surface area contributed by atoms with Crippen molar-refractivity contribution in [2.45, 2.75) is 6.54 Å². The third-order valence-electron chi connectivity index (χ3n) is 6.59. The fourth-order valence-electron chi connectivity index (χ4n) is 4.71. The summed E-state index contributed by atoms with van der Waals surface area (Å²) in [6.07, 6.45) is 0. The molecule has 2 aromatic heterocycles. The van der Waals surface area contributed by atoms with Crippen LogP contribution in [0.5, 0.6) is 0 Å². The molecule has 0 bridgehead atoms. The van der Waals surface area contributed by atoms with E-state index in [1.54, 1.807) is 36.4 Å². The number of H-pyrrole nitrogens is 2. The lowest BCUT2D eigenvalue weighted by Crippen LogP contribution is -2.36. The van der Waals surface area contributed by atoms with Crippen LogP contribution in [0.2, 0.25) is 0 Å². The second-order valence-corrected chi connectivity index (χ2v) is 8.92. The summed E-state index contributed by atoms with van der Waals surface area (Å²) in [5.41, 5.74) is 4.09. The number of benzene rings is 3. The van der Waals surface area contributed by atoms with Gasteiger partial charge in [-0.1, -0.05) is 18.2 Å². The van der Waals surface area contributed by atoms with Gasteiger partial charge in [0.25, 0.3) is 5.56 Å². The van der Waals surface area contributed by atoms with Gasteiger partial charge in [0.1, 0.15) is 5.69 Å². The van der Waals surface area contributed by atoms with E-state index < -0.39 is 10.5 Å². The zero-order chi connectivity index (χ0) is 25.4. The van der Waals surface area contributed by atoms with Gasteiger partial charge in [-0.15, -0.1) is 0 Å². The number of ether oxygens (including phenoxy) is 1. The number of rotatable bonds is 6. The molecule has 3 aromatic carbocycles. The van der Waals surface area contributed by atoms with Crippen LogP contribution >= 0.6 is 0 Å². The molecule has 5 aromatic rings. The molecule has 0 radical (unpaired) electrons. The molecule has 0 unspecified atom stereocenters. The van der Waals surface area contributed by atoms with Gasteiger partial charge >= 0.3 is 5.69 Å². The highest BCUT2D eigenvalue weighted by molar-refractivity contribution is 5.97. The maximum absolute atomic E-state index is 12.8. The Labute approximate surface area is 211 Å². The topological polar surface area (TPSA) is 129 Å². The lowest BCUT2D eigenvalue weighted by Gasteiger charge is -2.28. The van der Waals surface area contributed by atoms with Gasteiger partial charge in [0.2, 0.25) is 0 Å². The highest BCUT2D eigenvalue weighted by Crippen LogP contribution is 2.35. The number of nitrogens with zero attached hydrogens (tertiary/aromatic N) is 3. The zero-order valence-electron chi connectivity index (χ0n) is 19.9. The predicted molar refractivity (Wildman–Crippen MR) is 143 cm³/mol. The number of aromatic nitrogens is 3. The minimum Gasteiger partial charge on any atom is -0.381 e. The van der Waals surface area contributed by atoms with Crippen molar-refractivity contribution in [3.8, 4) is 11.4 Å². The molecule has 37 heavy (non-hydrogen) atoms. The number of nitro groups is 1. The molecule has 3 N–H and O–H groups in total.